The molecule has 0 fully saturated rings. The number of benzene rings is 2. The number of rotatable bonds is 10. The van der Waals surface area contributed by atoms with Gasteiger partial charge in [-0.15, -0.1) is 0 Å². The molecule has 0 saturated carbocycles. The van der Waals surface area contributed by atoms with Gasteiger partial charge in [-0.25, -0.2) is 22.8 Å². The highest BCUT2D eigenvalue weighted by molar-refractivity contribution is 5.80. The Labute approximate surface area is 215 Å². The molecule has 0 aliphatic carbocycles. The lowest BCUT2D eigenvalue weighted by molar-refractivity contribution is -0.145. The molecule has 200 valence electrons. The highest BCUT2D eigenvalue weighted by atomic mass is 19.1. The number of aliphatic hydroxyl groups excluding tert-OH is 1. The molecule has 1 amide bonds. The lowest BCUT2D eigenvalue weighted by Crippen LogP contribution is -2.47. The van der Waals surface area contributed by atoms with E-state index >= 15 is 0 Å². The van der Waals surface area contributed by atoms with Crippen LogP contribution in [0.1, 0.15) is 51.5 Å². The maximum absolute atomic E-state index is 14.0. The van der Waals surface area contributed by atoms with Crippen LogP contribution in [0.15, 0.2) is 48.5 Å². The number of halogens is 3. The smallest absolute Gasteiger partial charge is 0.251 e. The summed E-state index contributed by atoms with van der Waals surface area (Å²) in [4.78, 5) is 19.3. The van der Waals surface area contributed by atoms with Gasteiger partial charge in [-0.05, 0) is 36.5 Å². The number of carbonyl (C=O) groups is 1. The molecule has 0 unspecified atom stereocenters. The molecule has 7 nitrogen and oxygen atoms in total. The SMILES string of the molecule is C[C@H](O)C(=O)N(CC[C@H](N)CF)[C@@H](c1nc(-c2cc(F)cc(F)c2)nn1Cc1ccccc1)C(C)(C)C. The fraction of sp³-hybridized carbons (Fsp3) is 0.444. The van der Waals surface area contributed by atoms with Crippen LogP contribution in [0.25, 0.3) is 11.4 Å². The Morgan fingerprint density at radius 2 is 1.76 bits per heavy atom. The van der Waals surface area contributed by atoms with Gasteiger partial charge in [0.05, 0.1) is 12.6 Å². The molecule has 37 heavy (non-hydrogen) atoms. The van der Waals surface area contributed by atoms with Crippen LogP contribution < -0.4 is 5.73 Å². The van der Waals surface area contributed by atoms with Gasteiger partial charge < -0.3 is 15.7 Å². The second kappa shape index (κ2) is 11.9. The van der Waals surface area contributed by atoms with Crippen molar-refractivity contribution in [2.75, 3.05) is 13.2 Å². The number of nitrogens with zero attached hydrogens (tertiary/aromatic N) is 4. The average molecular weight is 518 g/mol. The predicted octanol–water partition coefficient (Wildman–Crippen LogP) is 4.26. The van der Waals surface area contributed by atoms with Gasteiger partial charge in [0.25, 0.3) is 5.91 Å². The molecule has 3 aromatic rings. The van der Waals surface area contributed by atoms with Crippen LogP contribution in [-0.4, -0.2) is 56.0 Å². The molecule has 3 rings (SSSR count). The quantitative estimate of drug-likeness (QED) is 0.419. The summed E-state index contributed by atoms with van der Waals surface area (Å²) in [6.07, 6.45) is -1.16. The third-order valence-corrected chi connectivity index (χ3v) is 5.95. The molecule has 3 atom stereocenters. The maximum atomic E-state index is 14.0. The van der Waals surface area contributed by atoms with E-state index in [1.165, 1.54) is 11.8 Å². The van der Waals surface area contributed by atoms with Gasteiger partial charge in [0.15, 0.2) is 11.6 Å². The summed E-state index contributed by atoms with van der Waals surface area (Å²) in [6.45, 7) is 6.65. The molecule has 0 aliphatic rings. The van der Waals surface area contributed by atoms with E-state index in [0.29, 0.717) is 5.82 Å². The van der Waals surface area contributed by atoms with Gasteiger partial charge in [0.2, 0.25) is 0 Å². The molecule has 0 aliphatic heterocycles. The Hall–Kier alpha value is -3.24. The van der Waals surface area contributed by atoms with Crippen LogP contribution in [0, 0.1) is 17.0 Å². The molecular weight excluding hydrogens is 483 g/mol. The Morgan fingerprint density at radius 3 is 2.30 bits per heavy atom. The molecule has 10 heteroatoms. The minimum Gasteiger partial charge on any atom is -0.384 e. The van der Waals surface area contributed by atoms with Crippen LogP contribution in [-0.2, 0) is 11.3 Å². The van der Waals surface area contributed by atoms with Crippen molar-refractivity contribution in [3.63, 3.8) is 0 Å². The zero-order chi connectivity index (χ0) is 27.3. The van der Waals surface area contributed by atoms with E-state index in [2.05, 4.69) is 10.1 Å². The van der Waals surface area contributed by atoms with Crippen molar-refractivity contribution >= 4 is 5.91 Å². The number of alkyl halides is 1. The number of hydrogen-bond donors (Lipinski definition) is 2. The minimum absolute atomic E-state index is 0.0683. The second-order valence-corrected chi connectivity index (χ2v) is 10.3. The number of amides is 1. The zero-order valence-corrected chi connectivity index (χ0v) is 21.5. The minimum atomic E-state index is -1.33. The summed E-state index contributed by atoms with van der Waals surface area (Å²) < 4.78 is 42.8. The Morgan fingerprint density at radius 1 is 1.14 bits per heavy atom. The van der Waals surface area contributed by atoms with Crippen molar-refractivity contribution in [1.29, 1.82) is 0 Å². The number of hydrogen-bond acceptors (Lipinski definition) is 5. The first-order valence-electron chi connectivity index (χ1n) is 12.2. The largest absolute Gasteiger partial charge is 0.384 e. The Kier molecular flexibility index (Phi) is 9.09. The van der Waals surface area contributed by atoms with Gasteiger partial charge in [-0.1, -0.05) is 51.1 Å². The van der Waals surface area contributed by atoms with Crippen molar-refractivity contribution in [3.8, 4) is 11.4 Å². The lowest BCUT2D eigenvalue weighted by Gasteiger charge is -2.40. The molecule has 0 saturated heterocycles. The standard InChI is InChI=1S/C27H34F3N5O2/c1-17(36)26(37)34(11-10-22(31)15-28)23(27(2,3)4)25-32-24(19-12-20(29)14-21(30)13-19)33-35(25)16-18-8-6-5-7-9-18/h5-9,12-14,17,22-23,36H,10-11,15-16,31H2,1-4H3/t17-,22-,23-/m0/s1. The third kappa shape index (κ3) is 7.17. The Bertz CT molecular complexity index is 1170. The molecule has 2 aromatic carbocycles. The van der Waals surface area contributed by atoms with Crippen molar-refractivity contribution < 1.29 is 23.1 Å². The van der Waals surface area contributed by atoms with Gasteiger partial charge in [-0.2, -0.15) is 5.10 Å². The average Bonchev–Trinajstić information content (AvgIpc) is 3.23. The molecule has 0 bridgehead atoms. The molecule has 3 N–H and O–H groups in total. The van der Waals surface area contributed by atoms with E-state index in [1.54, 1.807) is 4.68 Å². The zero-order valence-electron chi connectivity index (χ0n) is 21.5. The van der Waals surface area contributed by atoms with Gasteiger partial charge >= 0.3 is 0 Å². The first-order valence-corrected chi connectivity index (χ1v) is 12.2. The lowest BCUT2D eigenvalue weighted by atomic mass is 9.84. The van der Waals surface area contributed by atoms with Crippen molar-refractivity contribution in [1.82, 2.24) is 19.7 Å². The molecule has 0 radical (unpaired) electrons. The van der Waals surface area contributed by atoms with E-state index in [0.717, 1.165) is 23.8 Å². The first-order chi connectivity index (χ1) is 17.4. The van der Waals surface area contributed by atoms with E-state index in [1.807, 2.05) is 51.1 Å². The summed E-state index contributed by atoms with van der Waals surface area (Å²) in [7, 11) is 0. The van der Waals surface area contributed by atoms with Crippen LogP contribution >= 0.6 is 0 Å². The van der Waals surface area contributed by atoms with E-state index < -0.39 is 47.8 Å². The summed E-state index contributed by atoms with van der Waals surface area (Å²) in [5.41, 5.74) is 6.22. The fourth-order valence-corrected chi connectivity index (χ4v) is 4.22. The summed E-state index contributed by atoms with van der Waals surface area (Å²) >= 11 is 0. The summed E-state index contributed by atoms with van der Waals surface area (Å²) in [6, 6.07) is 11.0. The van der Waals surface area contributed by atoms with E-state index in [-0.39, 0.29) is 30.9 Å². The van der Waals surface area contributed by atoms with Crippen molar-refractivity contribution in [3.05, 3.63) is 71.6 Å². The van der Waals surface area contributed by atoms with Crippen molar-refractivity contribution in [2.45, 2.75) is 58.8 Å². The normalized spacial score (nSPS) is 14.3. The Balaban J connectivity index is 2.20. The topological polar surface area (TPSA) is 97.3 Å². The fourth-order valence-electron chi connectivity index (χ4n) is 4.22. The maximum Gasteiger partial charge on any atom is 0.251 e. The summed E-state index contributed by atoms with van der Waals surface area (Å²) in [5, 5.41) is 14.8. The van der Waals surface area contributed by atoms with Crippen LogP contribution in [0.5, 0.6) is 0 Å². The van der Waals surface area contributed by atoms with E-state index in [9.17, 15) is 23.1 Å². The highest BCUT2D eigenvalue weighted by Crippen LogP contribution is 2.39. The predicted molar refractivity (Wildman–Crippen MR) is 135 cm³/mol. The number of aliphatic hydroxyl groups is 1. The number of nitrogens with two attached hydrogens (primary N) is 1. The van der Waals surface area contributed by atoms with Crippen LogP contribution in [0.2, 0.25) is 0 Å². The number of aromatic nitrogens is 3. The van der Waals surface area contributed by atoms with Crippen LogP contribution in [0.4, 0.5) is 13.2 Å². The first kappa shape index (κ1) is 28.3. The van der Waals surface area contributed by atoms with Gasteiger partial charge in [-0.3, -0.25) is 4.79 Å². The summed E-state index contributed by atoms with van der Waals surface area (Å²) in [5.74, 6) is -1.66. The monoisotopic (exact) mass is 517 g/mol. The van der Waals surface area contributed by atoms with E-state index in [4.69, 9.17) is 5.73 Å². The number of carbonyl (C=O) groups excluding carboxylic acids is 1. The van der Waals surface area contributed by atoms with Crippen LogP contribution in [0.3, 0.4) is 0 Å². The van der Waals surface area contributed by atoms with Crippen molar-refractivity contribution in [2.24, 2.45) is 11.1 Å². The van der Waals surface area contributed by atoms with Gasteiger partial charge in [0.1, 0.15) is 24.4 Å². The molecule has 1 aromatic heterocycles. The third-order valence-electron chi connectivity index (χ3n) is 5.95. The second-order valence-electron chi connectivity index (χ2n) is 10.3. The molecular formula is C27H34F3N5O2. The molecule has 0 spiro atoms. The highest BCUT2D eigenvalue weighted by Gasteiger charge is 2.40. The molecule has 1 heterocycles. The van der Waals surface area contributed by atoms with Gasteiger partial charge in [0, 0.05) is 24.2 Å².